The summed E-state index contributed by atoms with van der Waals surface area (Å²) >= 11 is 0. The zero-order valence-electron chi connectivity index (χ0n) is 8.92. The molecule has 14 heavy (non-hydrogen) atoms. The predicted octanol–water partition coefficient (Wildman–Crippen LogP) is 0.505. The summed E-state index contributed by atoms with van der Waals surface area (Å²) in [6.07, 6.45) is 0.0289. The molecule has 0 rings (SSSR count). The zero-order chi connectivity index (χ0) is 11.0. The van der Waals surface area contributed by atoms with Gasteiger partial charge in [0.25, 0.3) is 0 Å². The van der Waals surface area contributed by atoms with Crippen LogP contribution >= 0.6 is 0 Å². The van der Waals surface area contributed by atoms with Crippen LogP contribution in [-0.4, -0.2) is 32.2 Å². The van der Waals surface area contributed by atoms with E-state index in [-0.39, 0.29) is 5.91 Å². The molecule has 5 heteroatoms. The average molecular weight is 202 g/mol. The molecule has 0 radical (unpaired) electrons. The third-order valence-electron chi connectivity index (χ3n) is 1.50. The van der Waals surface area contributed by atoms with Crippen LogP contribution in [0.3, 0.4) is 0 Å². The van der Waals surface area contributed by atoms with E-state index in [9.17, 15) is 9.59 Å². The molecule has 0 aliphatic carbocycles. The quantitative estimate of drug-likeness (QED) is 0.638. The Hall–Kier alpha value is -1.26. The number of rotatable bonds is 5. The van der Waals surface area contributed by atoms with Gasteiger partial charge in [-0.15, -0.1) is 0 Å². The summed E-state index contributed by atoms with van der Waals surface area (Å²) in [5.74, 6) is 0.357. The lowest BCUT2D eigenvalue weighted by atomic mass is 10.1. The number of alkyl carbamates (subject to hydrolysis) is 1. The van der Waals surface area contributed by atoms with Gasteiger partial charge in [0.05, 0.1) is 7.11 Å². The van der Waals surface area contributed by atoms with Crippen molar-refractivity contribution >= 4 is 12.0 Å². The molecule has 0 aromatic rings. The molecule has 0 aromatic heterocycles. The van der Waals surface area contributed by atoms with Crippen LogP contribution in [0.1, 0.15) is 20.3 Å². The van der Waals surface area contributed by atoms with Crippen LogP contribution in [0.4, 0.5) is 4.79 Å². The Bertz CT molecular complexity index is 192. The molecule has 0 aliphatic heterocycles. The summed E-state index contributed by atoms with van der Waals surface area (Å²) in [5, 5.41) is 5.15. The fourth-order valence-electron chi connectivity index (χ4n) is 0.882. The van der Waals surface area contributed by atoms with Gasteiger partial charge in [-0.3, -0.25) is 4.79 Å². The number of carbonyl (C=O) groups excluding carboxylic acids is 2. The normalized spacial score (nSPS) is 9.71. The van der Waals surface area contributed by atoms with E-state index in [1.54, 1.807) is 0 Å². The monoisotopic (exact) mass is 202 g/mol. The first-order valence-electron chi connectivity index (χ1n) is 4.64. The summed E-state index contributed by atoms with van der Waals surface area (Å²) < 4.78 is 4.36. The summed E-state index contributed by atoms with van der Waals surface area (Å²) in [5.41, 5.74) is 0. The van der Waals surface area contributed by atoms with Gasteiger partial charge in [-0.05, 0) is 5.92 Å². The number of hydrogen-bond donors (Lipinski definition) is 2. The average Bonchev–Trinajstić information content (AvgIpc) is 2.10. The van der Waals surface area contributed by atoms with E-state index in [0.717, 1.165) is 0 Å². The topological polar surface area (TPSA) is 67.4 Å². The molecule has 0 aromatic carbocycles. The lowest BCUT2D eigenvalue weighted by Crippen LogP contribution is -2.34. The minimum atomic E-state index is -0.483. The van der Waals surface area contributed by atoms with Crippen LogP contribution in [0.15, 0.2) is 0 Å². The van der Waals surface area contributed by atoms with Crippen molar-refractivity contribution in [3.05, 3.63) is 0 Å². The highest BCUT2D eigenvalue weighted by molar-refractivity contribution is 5.76. The number of carbonyl (C=O) groups is 2. The third-order valence-corrected chi connectivity index (χ3v) is 1.50. The van der Waals surface area contributed by atoms with Crippen LogP contribution in [-0.2, 0) is 9.53 Å². The number of hydrogen-bond acceptors (Lipinski definition) is 3. The molecular formula is C9H18N2O3. The van der Waals surface area contributed by atoms with Crippen molar-refractivity contribution in [1.82, 2.24) is 10.6 Å². The summed E-state index contributed by atoms with van der Waals surface area (Å²) in [6.45, 7) is 4.77. The van der Waals surface area contributed by atoms with Gasteiger partial charge in [-0.2, -0.15) is 0 Å². The smallest absolute Gasteiger partial charge is 0.406 e. The van der Waals surface area contributed by atoms with Crippen molar-refractivity contribution in [2.24, 2.45) is 5.92 Å². The molecule has 0 aliphatic rings. The molecule has 2 amide bonds. The number of nitrogens with one attached hydrogen (secondary N) is 2. The first-order valence-corrected chi connectivity index (χ1v) is 4.64. The van der Waals surface area contributed by atoms with Gasteiger partial charge >= 0.3 is 6.09 Å². The first-order chi connectivity index (χ1) is 6.56. The molecule has 0 heterocycles. The molecule has 0 spiro atoms. The molecule has 5 nitrogen and oxygen atoms in total. The molecular weight excluding hydrogens is 184 g/mol. The minimum Gasteiger partial charge on any atom is -0.453 e. The Morgan fingerprint density at radius 1 is 1.21 bits per heavy atom. The van der Waals surface area contributed by atoms with Crippen molar-refractivity contribution in [3.8, 4) is 0 Å². The molecule has 0 saturated heterocycles. The SMILES string of the molecule is COC(=O)NCCNC(=O)CC(C)C. The molecule has 0 bridgehead atoms. The van der Waals surface area contributed by atoms with E-state index in [4.69, 9.17) is 0 Å². The van der Waals surface area contributed by atoms with E-state index in [2.05, 4.69) is 15.4 Å². The van der Waals surface area contributed by atoms with Crippen LogP contribution in [0.5, 0.6) is 0 Å². The van der Waals surface area contributed by atoms with E-state index in [1.807, 2.05) is 13.8 Å². The number of methoxy groups -OCH3 is 1. The second kappa shape index (κ2) is 7.17. The van der Waals surface area contributed by atoms with Crippen LogP contribution in [0.2, 0.25) is 0 Å². The number of ether oxygens (including phenoxy) is 1. The van der Waals surface area contributed by atoms with E-state index in [1.165, 1.54) is 7.11 Å². The predicted molar refractivity (Wildman–Crippen MR) is 52.9 cm³/mol. The standard InChI is InChI=1S/C9H18N2O3/c1-7(2)6-8(12)10-4-5-11-9(13)14-3/h7H,4-6H2,1-3H3,(H,10,12)(H,11,13). The molecule has 0 saturated carbocycles. The highest BCUT2D eigenvalue weighted by Crippen LogP contribution is 1.97. The van der Waals surface area contributed by atoms with E-state index >= 15 is 0 Å². The van der Waals surface area contributed by atoms with E-state index < -0.39 is 6.09 Å². The Kier molecular flexibility index (Phi) is 6.53. The Morgan fingerprint density at radius 2 is 1.79 bits per heavy atom. The van der Waals surface area contributed by atoms with Crippen molar-refractivity contribution in [3.63, 3.8) is 0 Å². The fourth-order valence-corrected chi connectivity index (χ4v) is 0.882. The van der Waals surface area contributed by atoms with Gasteiger partial charge in [0.1, 0.15) is 0 Å². The van der Waals surface area contributed by atoms with Gasteiger partial charge in [0.15, 0.2) is 0 Å². The van der Waals surface area contributed by atoms with Crippen LogP contribution in [0.25, 0.3) is 0 Å². The maximum atomic E-state index is 11.1. The second-order valence-electron chi connectivity index (χ2n) is 3.37. The fraction of sp³-hybridized carbons (Fsp3) is 0.778. The van der Waals surface area contributed by atoms with Crippen molar-refractivity contribution in [2.75, 3.05) is 20.2 Å². The minimum absolute atomic E-state index is 0.00617. The Labute approximate surface area is 84.2 Å². The maximum absolute atomic E-state index is 11.1. The largest absolute Gasteiger partial charge is 0.453 e. The number of amides is 2. The second-order valence-corrected chi connectivity index (χ2v) is 3.37. The molecule has 0 unspecified atom stereocenters. The lowest BCUT2D eigenvalue weighted by Gasteiger charge is -2.07. The van der Waals surface area contributed by atoms with E-state index in [0.29, 0.717) is 25.4 Å². The van der Waals surface area contributed by atoms with Crippen LogP contribution in [0, 0.1) is 5.92 Å². The molecule has 82 valence electrons. The van der Waals surface area contributed by atoms with Gasteiger partial charge in [0, 0.05) is 19.5 Å². The van der Waals surface area contributed by atoms with Gasteiger partial charge in [-0.25, -0.2) is 4.79 Å². The third kappa shape index (κ3) is 7.39. The molecule has 0 atom stereocenters. The van der Waals surface area contributed by atoms with Crippen molar-refractivity contribution in [2.45, 2.75) is 20.3 Å². The van der Waals surface area contributed by atoms with Gasteiger partial charge < -0.3 is 15.4 Å². The summed E-state index contributed by atoms with van der Waals surface area (Å²) in [7, 11) is 1.30. The summed E-state index contributed by atoms with van der Waals surface area (Å²) in [6, 6.07) is 0. The highest BCUT2D eigenvalue weighted by atomic mass is 16.5. The molecule has 2 N–H and O–H groups in total. The zero-order valence-corrected chi connectivity index (χ0v) is 8.92. The van der Waals surface area contributed by atoms with Gasteiger partial charge in [-0.1, -0.05) is 13.8 Å². The van der Waals surface area contributed by atoms with Crippen molar-refractivity contribution in [1.29, 1.82) is 0 Å². The Morgan fingerprint density at radius 3 is 2.29 bits per heavy atom. The van der Waals surface area contributed by atoms with Crippen LogP contribution < -0.4 is 10.6 Å². The maximum Gasteiger partial charge on any atom is 0.406 e. The molecule has 0 fully saturated rings. The Balaban J connectivity index is 3.36. The highest BCUT2D eigenvalue weighted by Gasteiger charge is 2.03. The first kappa shape index (κ1) is 12.7. The lowest BCUT2D eigenvalue weighted by molar-refractivity contribution is -0.121. The van der Waals surface area contributed by atoms with Gasteiger partial charge in [0.2, 0.25) is 5.91 Å². The van der Waals surface area contributed by atoms with Crippen molar-refractivity contribution < 1.29 is 14.3 Å². The summed E-state index contributed by atoms with van der Waals surface area (Å²) in [4.78, 5) is 21.7.